The van der Waals surface area contributed by atoms with Gasteiger partial charge in [0, 0.05) is 11.9 Å². The fourth-order valence-corrected chi connectivity index (χ4v) is 2.10. The van der Waals surface area contributed by atoms with E-state index in [0.29, 0.717) is 11.4 Å². The summed E-state index contributed by atoms with van der Waals surface area (Å²) in [6.07, 6.45) is 1.53. The van der Waals surface area contributed by atoms with Crippen LogP contribution in [0.2, 0.25) is 5.15 Å². The lowest BCUT2D eigenvalue weighted by Gasteiger charge is -2.09. The number of hydrogen-bond acceptors (Lipinski definition) is 6. The number of halogens is 1. The molecule has 1 amide bonds. The molecule has 0 fully saturated rings. The van der Waals surface area contributed by atoms with Crippen molar-refractivity contribution in [3.05, 3.63) is 23.5 Å². The minimum Gasteiger partial charge on any atom is -0.468 e. The highest BCUT2D eigenvalue weighted by Gasteiger charge is 2.14. The maximum Gasteiger partial charge on any atom is 0.323 e. The SMILES string of the molecule is COC(=O)C(N)CSCC(=O)Nc1cccnc1Cl. The number of amides is 1. The largest absolute Gasteiger partial charge is 0.468 e. The molecule has 0 bridgehead atoms. The third kappa shape index (κ3) is 5.46. The molecule has 19 heavy (non-hydrogen) atoms. The highest BCUT2D eigenvalue weighted by atomic mass is 35.5. The molecule has 104 valence electrons. The highest BCUT2D eigenvalue weighted by molar-refractivity contribution is 8.00. The molecule has 0 saturated carbocycles. The standard InChI is InChI=1S/C11H14ClN3O3S/c1-18-11(17)7(13)5-19-6-9(16)15-8-3-2-4-14-10(8)12/h2-4,7H,5-6,13H2,1H3,(H,15,16). The Hall–Kier alpha value is -1.31. The fraction of sp³-hybridized carbons (Fsp3) is 0.364. The van der Waals surface area contributed by atoms with E-state index in [1.54, 1.807) is 12.1 Å². The van der Waals surface area contributed by atoms with Crippen LogP contribution >= 0.6 is 23.4 Å². The highest BCUT2D eigenvalue weighted by Crippen LogP contribution is 2.17. The summed E-state index contributed by atoms with van der Waals surface area (Å²) in [4.78, 5) is 26.5. The predicted octanol–water partition coefficient (Wildman–Crippen LogP) is 0.907. The molecular formula is C11H14ClN3O3S. The van der Waals surface area contributed by atoms with Crippen LogP contribution in [0.15, 0.2) is 18.3 Å². The van der Waals surface area contributed by atoms with Gasteiger partial charge in [-0.3, -0.25) is 9.59 Å². The van der Waals surface area contributed by atoms with Crippen molar-refractivity contribution in [1.82, 2.24) is 4.98 Å². The van der Waals surface area contributed by atoms with Crippen molar-refractivity contribution in [2.75, 3.05) is 23.9 Å². The Morgan fingerprint density at radius 3 is 3.00 bits per heavy atom. The topological polar surface area (TPSA) is 94.3 Å². The van der Waals surface area contributed by atoms with E-state index in [-0.39, 0.29) is 16.8 Å². The van der Waals surface area contributed by atoms with Crippen molar-refractivity contribution in [1.29, 1.82) is 0 Å². The number of rotatable bonds is 6. The second kappa shape index (κ2) is 7.98. The predicted molar refractivity (Wildman–Crippen MR) is 75.2 cm³/mol. The summed E-state index contributed by atoms with van der Waals surface area (Å²) in [5, 5.41) is 2.84. The zero-order chi connectivity index (χ0) is 14.3. The van der Waals surface area contributed by atoms with Gasteiger partial charge in [-0.15, -0.1) is 11.8 Å². The third-order valence-electron chi connectivity index (χ3n) is 2.07. The Morgan fingerprint density at radius 1 is 1.63 bits per heavy atom. The Balaban J connectivity index is 2.33. The maximum absolute atomic E-state index is 11.6. The van der Waals surface area contributed by atoms with Gasteiger partial charge in [-0.25, -0.2) is 4.98 Å². The number of aromatic nitrogens is 1. The van der Waals surface area contributed by atoms with Crippen LogP contribution in [-0.2, 0) is 14.3 Å². The van der Waals surface area contributed by atoms with Gasteiger partial charge >= 0.3 is 5.97 Å². The molecule has 1 atom stereocenters. The van der Waals surface area contributed by atoms with Crippen LogP contribution in [0.5, 0.6) is 0 Å². The van der Waals surface area contributed by atoms with E-state index >= 15 is 0 Å². The first kappa shape index (κ1) is 15.7. The van der Waals surface area contributed by atoms with Gasteiger partial charge in [0.25, 0.3) is 0 Å². The van der Waals surface area contributed by atoms with E-state index in [2.05, 4.69) is 15.0 Å². The first-order chi connectivity index (χ1) is 9.04. The average Bonchev–Trinajstić information content (AvgIpc) is 2.40. The molecule has 0 aliphatic rings. The number of methoxy groups -OCH3 is 1. The number of ether oxygens (including phenoxy) is 1. The van der Waals surface area contributed by atoms with Gasteiger partial charge in [0.15, 0.2) is 5.15 Å². The summed E-state index contributed by atoms with van der Waals surface area (Å²) < 4.78 is 4.48. The number of thioether (sulfide) groups is 1. The zero-order valence-electron chi connectivity index (χ0n) is 10.3. The molecule has 0 spiro atoms. The lowest BCUT2D eigenvalue weighted by atomic mass is 10.4. The minimum atomic E-state index is -0.732. The summed E-state index contributed by atoms with van der Waals surface area (Å²) in [5.41, 5.74) is 5.98. The molecule has 0 radical (unpaired) electrons. The van der Waals surface area contributed by atoms with Crippen molar-refractivity contribution >= 4 is 40.9 Å². The van der Waals surface area contributed by atoms with E-state index in [1.807, 2.05) is 0 Å². The van der Waals surface area contributed by atoms with Crippen LogP contribution in [0.3, 0.4) is 0 Å². The fourth-order valence-electron chi connectivity index (χ4n) is 1.16. The summed E-state index contributed by atoms with van der Waals surface area (Å²) in [7, 11) is 1.27. The van der Waals surface area contributed by atoms with E-state index in [0.717, 1.165) is 0 Å². The number of carbonyl (C=O) groups is 2. The zero-order valence-corrected chi connectivity index (χ0v) is 11.8. The Labute approximate surface area is 120 Å². The van der Waals surface area contributed by atoms with Crippen LogP contribution < -0.4 is 11.1 Å². The first-order valence-electron chi connectivity index (χ1n) is 5.36. The molecule has 1 rings (SSSR count). The van der Waals surface area contributed by atoms with Gasteiger partial charge in [0.2, 0.25) is 5.91 Å². The van der Waals surface area contributed by atoms with E-state index in [1.165, 1.54) is 25.1 Å². The molecule has 1 aromatic rings. The van der Waals surface area contributed by atoms with Gasteiger partial charge < -0.3 is 15.8 Å². The van der Waals surface area contributed by atoms with Crippen LogP contribution in [0.1, 0.15) is 0 Å². The molecule has 0 aliphatic heterocycles. The monoisotopic (exact) mass is 303 g/mol. The Kier molecular flexibility index (Phi) is 6.61. The molecule has 3 N–H and O–H groups in total. The number of nitrogens with zero attached hydrogens (tertiary/aromatic N) is 1. The summed E-state index contributed by atoms with van der Waals surface area (Å²) in [5.74, 6) is -0.267. The van der Waals surface area contributed by atoms with Crippen molar-refractivity contribution in [3.63, 3.8) is 0 Å². The number of pyridine rings is 1. The molecule has 1 unspecified atom stereocenters. The van der Waals surface area contributed by atoms with Crippen LogP contribution in [0, 0.1) is 0 Å². The second-order valence-corrected chi connectivity index (χ2v) is 4.92. The smallest absolute Gasteiger partial charge is 0.323 e. The lowest BCUT2D eigenvalue weighted by Crippen LogP contribution is -2.34. The summed E-state index contributed by atoms with van der Waals surface area (Å²) in [6, 6.07) is 2.59. The first-order valence-corrected chi connectivity index (χ1v) is 6.89. The van der Waals surface area contributed by atoms with E-state index < -0.39 is 12.0 Å². The average molecular weight is 304 g/mol. The molecule has 0 aliphatic carbocycles. The number of hydrogen-bond donors (Lipinski definition) is 2. The van der Waals surface area contributed by atoms with Crippen molar-refractivity contribution < 1.29 is 14.3 Å². The molecule has 6 nitrogen and oxygen atoms in total. The molecule has 1 heterocycles. The normalized spacial score (nSPS) is 11.7. The van der Waals surface area contributed by atoms with Crippen LogP contribution in [0.25, 0.3) is 0 Å². The number of esters is 1. The minimum absolute atomic E-state index is 0.163. The Bertz CT molecular complexity index is 459. The van der Waals surface area contributed by atoms with Gasteiger partial charge in [-0.1, -0.05) is 11.6 Å². The molecule has 8 heteroatoms. The maximum atomic E-state index is 11.6. The molecule has 0 saturated heterocycles. The van der Waals surface area contributed by atoms with Crippen molar-refractivity contribution in [2.45, 2.75) is 6.04 Å². The van der Waals surface area contributed by atoms with Crippen molar-refractivity contribution in [2.24, 2.45) is 5.73 Å². The Morgan fingerprint density at radius 2 is 2.37 bits per heavy atom. The van der Waals surface area contributed by atoms with Crippen LogP contribution in [-0.4, -0.2) is 41.5 Å². The number of nitrogens with one attached hydrogen (secondary N) is 1. The van der Waals surface area contributed by atoms with Crippen LogP contribution in [0.4, 0.5) is 5.69 Å². The number of carbonyl (C=O) groups excluding carboxylic acids is 2. The quantitative estimate of drug-likeness (QED) is 0.599. The van der Waals surface area contributed by atoms with Gasteiger partial charge in [-0.05, 0) is 12.1 Å². The van der Waals surface area contributed by atoms with Crippen molar-refractivity contribution in [3.8, 4) is 0 Å². The second-order valence-electron chi connectivity index (χ2n) is 3.53. The number of anilines is 1. The van der Waals surface area contributed by atoms with E-state index in [4.69, 9.17) is 17.3 Å². The number of nitrogens with two attached hydrogens (primary N) is 1. The summed E-state index contributed by atoms with van der Waals surface area (Å²) >= 11 is 7.04. The van der Waals surface area contributed by atoms with Gasteiger partial charge in [0.05, 0.1) is 18.6 Å². The van der Waals surface area contributed by atoms with Gasteiger partial charge in [0.1, 0.15) is 6.04 Å². The molecular weight excluding hydrogens is 290 g/mol. The molecule has 1 aromatic heterocycles. The third-order valence-corrected chi connectivity index (χ3v) is 3.43. The molecule has 0 aromatic carbocycles. The van der Waals surface area contributed by atoms with E-state index in [9.17, 15) is 9.59 Å². The lowest BCUT2D eigenvalue weighted by molar-refractivity contribution is -0.141. The summed E-state index contributed by atoms with van der Waals surface area (Å²) in [6.45, 7) is 0. The van der Waals surface area contributed by atoms with Gasteiger partial charge in [-0.2, -0.15) is 0 Å².